The van der Waals surface area contributed by atoms with Crippen LogP contribution in [0, 0.1) is 0 Å². The first-order valence-corrected chi connectivity index (χ1v) is 11.1. The summed E-state index contributed by atoms with van der Waals surface area (Å²) in [5.74, 6) is 2.81. The highest BCUT2D eigenvalue weighted by molar-refractivity contribution is 14.0. The average Bonchev–Trinajstić information content (AvgIpc) is 3.08. The molecular formula is C24H36IN5O. The van der Waals surface area contributed by atoms with Gasteiger partial charge in [-0.3, -0.25) is 0 Å². The molecule has 1 saturated heterocycles. The Balaban J connectivity index is 0.00000341. The van der Waals surface area contributed by atoms with Crippen molar-refractivity contribution in [1.29, 1.82) is 0 Å². The summed E-state index contributed by atoms with van der Waals surface area (Å²) in [7, 11) is 1.69. The van der Waals surface area contributed by atoms with Crippen LogP contribution in [-0.2, 0) is 13.0 Å². The lowest BCUT2D eigenvalue weighted by atomic mass is 10.1. The predicted molar refractivity (Wildman–Crippen MR) is 140 cm³/mol. The van der Waals surface area contributed by atoms with Gasteiger partial charge in [-0.25, -0.2) is 9.98 Å². The Kier molecular flexibility index (Phi) is 11.5. The van der Waals surface area contributed by atoms with Crippen LogP contribution in [0.4, 0.5) is 5.82 Å². The number of aliphatic imine (C=N–C) groups is 1. The van der Waals surface area contributed by atoms with Gasteiger partial charge in [-0.1, -0.05) is 31.0 Å². The molecule has 1 fully saturated rings. The van der Waals surface area contributed by atoms with Crippen molar-refractivity contribution in [1.82, 2.24) is 15.6 Å². The third kappa shape index (κ3) is 8.55. The number of guanidine groups is 1. The highest BCUT2D eigenvalue weighted by Crippen LogP contribution is 2.17. The maximum atomic E-state index is 5.21. The summed E-state index contributed by atoms with van der Waals surface area (Å²) in [5.41, 5.74) is 2.40. The molecule has 2 N–H and O–H groups in total. The van der Waals surface area contributed by atoms with E-state index in [0.717, 1.165) is 55.7 Å². The molecule has 0 radical (unpaired) electrons. The number of benzene rings is 1. The van der Waals surface area contributed by atoms with Gasteiger partial charge >= 0.3 is 0 Å². The highest BCUT2D eigenvalue weighted by atomic mass is 127. The van der Waals surface area contributed by atoms with E-state index in [1.54, 1.807) is 7.11 Å². The normalized spacial score (nSPS) is 14.4. The van der Waals surface area contributed by atoms with E-state index < -0.39 is 0 Å². The van der Waals surface area contributed by atoms with E-state index in [-0.39, 0.29) is 24.0 Å². The lowest BCUT2D eigenvalue weighted by Crippen LogP contribution is -2.38. The van der Waals surface area contributed by atoms with Gasteiger partial charge in [0.15, 0.2) is 5.96 Å². The first-order valence-electron chi connectivity index (χ1n) is 11.1. The number of pyridine rings is 1. The molecule has 0 saturated carbocycles. The molecule has 1 aliphatic heterocycles. The van der Waals surface area contributed by atoms with Gasteiger partial charge in [-0.15, -0.1) is 24.0 Å². The first-order chi connectivity index (χ1) is 14.8. The maximum absolute atomic E-state index is 5.21. The van der Waals surface area contributed by atoms with E-state index in [0.29, 0.717) is 6.54 Å². The molecule has 0 bridgehead atoms. The second kappa shape index (κ2) is 14.1. The van der Waals surface area contributed by atoms with Crippen LogP contribution in [0.5, 0.6) is 5.75 Å². The number of ether oxygens (including phenoxy) is 1. The molecule has 0 spiro atoms. The second-order valence-electron chi connectivity index (χ2n) is 7.65. The van der Waals surface area contributed by atoms with Crippen LogP contribution in [0.15, 0.2) is 47.6 Å². The summed E-state index contributed by atoms with van der Waals surface area (Å²) in [6.45, 7) is 6.59. The molecule has 170 valence electrons. The largest absolute Gasteiger partial charge is 0.497 e. The molecule has 7 heteroatoms. The van der Waals surface area contributed by atoms with E-state index in [9.17, 15) is 0 Å². The third-order valence-corrected chi connectivity index (χ3v) is 5.37. The highest BCUT2D eigenvalue weighted by Gasteiger charge is 2.10. The predicted octanol–water partition coefficient (Wildman–Crippen LogP) is 4.39. The van der Waals surface area contributed by atoms with E-state index in [1.165, 1.54) is 31.2 Å². The lowest BCUT2D eigenvalue weighted by Gasteiger charge is -2.21. The van der Waals surface area contributed by atoms with E-state index in [1.807, 2.05) is 18.3 Å². The summed E-state index contributed by atoms with van der Waals surface area (Å²) in [6.07, 6.45) is 8.10. The van der Waals surface area contributed by atoms with Gasteiger partial charge in [-0.05, 0) is 55.5 Å². The van der Waals surface area contributed by atoms with Crippen LogP contribution in [0.25, 0.3) is 0 Å². The van der Waals surface area contributed by atoms with E-state index in [4.69, 9.17) is 9.73 Å². The minimum absolute atomic E-state index is 0. The minimum Gasteiger partial charge on any atom is -0.497 e. The van der Waals surface area contributed by atoms with Gasteiger partial charge in [0.25, 0.3) is 0 Å². The molecule has 0 amide bonds. The number of hydrogen-bond acceptors (Lipinski definition) is 4. The Morgan fingerprint density at radius 1 is 1.00 bits per heavy atom. The van der Waals surface area contributed by atoms with Gasteiger partial charge in [0.1, 0.15) is 11.6 Å². The molecule has 2 aromatic rings. The smallest absolute Gasteiger partial charge is 0.191 e. The standard InChI is InChI=1S/C24H35N5O.HI/c1-3-25-24(26-15-14-20-8-11-22(30-2)12-9-20)28-19-21-10-13-23(27-18-21)29-16-6-4-5-7-17-29;/h8-13,18H,3-7,14-17,19H2,1-2H3,(H2,25,26,28);1H. The Labute approximate surface area is 203 Å². The van der Waals surface area contributed by atoms with Gasteiger partial charge in [0.2, 0.25) is 0 Å². The van der Waals surface area contributed by atoms with Crippen molar-refractivity contribution < 1.29 is 4.74 Å². The fourth-order valence-electron chi connectivity index (χ4n) is 3.63. The molecule has 1 aliphatic rings. The van der Waals surface area contributed by atoms with Gasteiger partial charge in [0, 0.05) is 32.4 Å². The van der Waals surface area contributed by atoms with Crippen LogP contribution in [0.2, 0.25) is 0 Å². The van der Waals surface area contributed by atoms with Crippen LogP contribution in [-0.4, -0.2) is 44.2 Å². The third-order valence-electron chi connectivity index (χ3n) is 5.37. The molecule has 1 aromatic carbocycles. The fourth-order valence-corrected chi connectivity index (χ4v) is 3.63. The zero-order valence-electron chi connectivity index (χ0n) is 18.8. The Bertz CT molecular complexity index is 772. The summed E-state index contributed by atoms with van der Waals surface area (Å²) in [5, 5.41) is 6.73. The Morgan fingerprint density at radius 3 is 2.32 bits per heavy atom. The number of anilines is 1. The number of nitrogens with one attached hydrogen (secondary N) is 2. The maximum Gasteiger partial charge on any atom is 0.191 e. The number of halogens is 1. The number of hydrogen-bond donors (Lipinski definition) is 2. The molecular weight excluding hydrogens is 501 g/mol. The van der Waals surface area contributed by atoms with Crippen LogP contribution < -0.4 is 20.3 Å². The summed E-state index contributed by atoms with van der Waals surface area (Å²) in [6, 6.07) is 12.5. The molecule has 0 aliphatic carbocycles. The topological polar surface area (TPSA) is 61.8 Å². The summed E-state index contributed by atoms with van der Waals surface area (Å²) in [4.78, 5) is 11.8. The lowest BCUT2D eigenvalue weighted by molar-refractivity contribution is 0.414. The fraction of sp³-hybridized carbons (Fsp3) is 0.500. The van der Waals surface area contributed by atoms with Crippen LogP contribution in [0.1, 0.15) is 43.7 Å². The van der Waals surface area contributed by atoms with Crippen molar-refractivity contribution in [2.24, 2.45) is 4.99 Å². The monoisotopic (exact) mass is 537 g/mol. The quantitative estimate of drug-likeness (QED) is 0.297. The molecule has 1 aromatic heterocycles. The Morgan fingerprint density at radius 2 is 1.71 bits per heavy atom. The zero-order valence-corrected chi connectivity index (χ0v) is 21.1. The van der Waals surface area contributed by atoms with Crippen LogP contribution >= 0.6 is 24.0 Å². The van der Waals surface area contributed by atoms with Crippen molar-refractivity contribution in [2.45, 2.75) is 45.6 Å². The molecule has 0 unspecified atom stereocenters. The zero-order chi connectivity index (χ0) is 21.0. The summed E-state index contributed by atoms with van der Waals surface area (Å²) >= 11 is 0. The Hall–Kier alpha value is -2.03. The van der Waals surface area contributed by atoms with E-state index in [2.05, 4.69) is 51.7 Å². The molecule has 3 rings (SSSR count). The van der Waals surface area contributed by atoms with Crippen molar-refractivity contribution in [2.75, 3.05) is 38.2 Å². The number of rotatable bonds is 8. The van der Waals surface area contributed by atoms with Crippen molar-refractivity contribution in [3.05, 3.63) is 53.7 Å². The van der Waals surface area contributed by atoms with Gasteiger partial charge < -0.3 is 20.3 Å². The second-order valence-corrected chi connectivity index (χ2v) is 7.65. The number of nitrogens with zero attached hydrogens (tertiary/aromatic N) is 3. The van der Waals surface area contributed by atoms with Gasteiger partial charge in [0.05, 0.1) is 13.7 Å². The molecule has 6 nitrogen and oxygen atoms in total. The number of aromatic nitrogens is 1. The minimum atomic E-state index is 0. The van der Waals surface area contributed by atoms with Gasteiger partial charge in [-0.2, -0.15) is 0 Å². The first kappa shape index (κ1) is 25.2. The van der Waals surface area contributed by atoms with Crippen molar-refractivity contribution >= 4 is 35.8 Å². The van der Waals surface area contributed by atoms with Crippen LogP contribution in [0.3, 0.4) is 0 Å². The average molecular weight is 537 g/mol. The van der Waals surface area contributed by atoms with E-state index >= 15 is 0 Å². The summed E-state index contributed by atoms with van der Waals surface area (Å²) < 4.78 is 5.21. The van der Waals surface area contributed by atoms with Crippen molar-refractivity contribution in [3.63, 3.8) is 0 Å². The molecule has 31 heavy (non-hydrogen) atoms. The number of methoxy groups -OCH3 is 1. The molecule has 2 heterocycles. The SMILES string of the molecule is CCNC(=NCc1ccc(N2CCCCCC2)nc1)NCCc1ccc(OC)cc1.I. The van der Waals surface area contributed by atoms with Crippen molar-refractivity contribution in [3.8, 4) is 5.75 Å². The molecule has 0 atom stereocenters.